The average Bonchev–Trinajstić information content (AvgIpc) is 2.55. The number of ketones is 1. The SMILES string of the molecule is COc1cccc(NC(=O)CCNc2cccc(C(C)=O)c2)c1. The van der Waals surface area contributed by atoms with Crippen LogP contribution in [0.15, 0.2) is 48.5 Å². The number of methoxy groups -OCH3 is 1. The first-order chi connectivity index (χ1) is 11.1. The predicted octanol–water partition coefficient (Wildman–Crippen LogP) is 3.34. The molecular formula is C18H20N2O3. The van der Waals surface area contributed by atoms with E-state index in [-0.39, 0.29) is 11.7 Å². The maximum atomic E-state index is 11.9. The second-order valence-electron chi connectivity index (χ2n) is 5.09. The van der Waals surface area contributed by atoms with E-state index in [0.717, 1.165) is 5.69 Å². The molecule has 2 rings (SSSR count). The Morgan fingerprint density at radius 3 is 2.52 bits per heavy atom. The van der Waals surface area contributed by atoms with Crippen molar-refractivity contribution < 1.29 is 14.3 Å². The van der Waals surface area contributed by atoms with Gasteiger partial charge < -0.3 is 15.4 Å². The highest BCUT2D eigenvalue weighted by Crippen LogP contribution is 2.17. The molecule has 0 aliphatic heterocycles. The highest BCUT2D eigenvalue weighted by molar-refractivity contribution is 5.95. The third kappa shape index (κ3) is 5.14. The molecule has 23 heavy (non-hydrogen) atoms. The second kappa shape index (κ2) is 7.98. The van der Waals surface area contributed by atoms with Crippen molar-refractivity contribution in [3.63, 3.8) is 0 Å². The van der Waals surface area contributed by atoms with Gasteiger partial charge in [-0.15, -0.1) is 0 Å². The molecule has 2 aromatic carbocycles. The fourth-order valence-electron chi connectivity index (χ4n) is 2.09. The number of anilines is 2. The Kier molecular flexibility index (Phi) is 5.74. The Labute approximate surface area is 135 Å². The van der Waals surface area contributed by atoms with Crippen LogP contribution in [0.25, 0.3) is 0 Å². The van der Waals surface area contributed by atoms with Crippen LogP contribution in [0.2, 0.25) is 0 Å². The first-order valence-electron chi connectivity index (χ1n) is 7.37. The van der Waals surface area contributed by atoms with Crippen molar-refractivity contribution in [3.8, 4) is 5.75 Å². The number of hydrogen-bond acceptors (Lipinski definition) is 4. The number of hydrogen-bond donors (Lipinski definition) is 2. The highest BCUT2D eigenvalue weighted by Gasteiger charge is 2.04. The van der Waals surface area contributed by atoms with Crippen LogP contribution in [0.3, 0.4) is 0 Å². The Hall–Kier alpha value is -2.82. The van der Waals surface area contributed by atoms with Crippen molar-refractivity contribution in [2.75, 3.05) is 24.3 Å². The molecule has 5 heteroatoms. The zero-order chi connectivity index (χ0) is 16.7. The van der Waals surface area contributed by atoms with Crippen LogP contribution in [-0.2, 0) is 4.79 Å². The number of benzene rings is 2. The molecule has 0 fully saturated rings. The van der Waals surface area contributed by atoms with E-state index >= 15 is 0 Å². The Balaban J connectivity index is 1.82. The average molecular weight is 312 g/mol. The second-order valence-corrected chi connectivity index (χ2v) is 5.09. The Morgan fingerprint density at radius 1 is 1.04 bits per heavy atom. The molecule has 0 spiro atoms. The molecule has 0 heterocycles. The van der Waals surface area contributed by atoms with Crippen molar-refractivity contribution >= 4 is 23.1 Å². The van der Waals surface area contributed by atoms with Crippen molar-refractivity contribution in [1.82, 2.24) is 0 Å². The maximum Gasteiger partial charge on any atom is 0.226 e. The lowest BCUT2D eigenvalue weighted by molar-refractivity contribution is -0.115. The zero-order valence-electron chi connectivity index (χ0n) is 13.3. The molecule has 2 N–H and O–H groups in total. The molecule has 0 saturated carbocycles. The van der Waals surface area contributed by atoms with Gasteiger partial charge in [-0.1, -0.05) is 18.2 Å². The highest BCUT2D eigenvalue weighted by atomic mass is 16.5. The maximum absolute atomic E-state index is 11.9. The summed E-state index contributed by atoms with van der Waals surface area (Å²) in [4.78, 5) is 23.3. The van der Waals surface area contributed by atoms with E-state index in [2.05, 4.69) is 10.6 Å². The smallest absolute Gasteiger partial charge is 0.226 e. The van der Waals surface area contributed by atoms with Gasteiger partial charge in [-0.2, -0.15) is 0 Å². The molecule has 0 aromatic heterocycles. The van der Waals surface area contributed by atoms with Gasteiger partial charge in [0.15, 0.2) is 5.78 Å². The van der Waals surface area contributed by atoms with Crippen LogP contribution in [-0.4, -0.2) is 25.3 Å². The molecule has 0 radical (unpaired) electrons. The minimum Gasteiger partial charge on any atom is -0.497 e. The summed E-state index contributed by atoms with van der Waals surface area (Å²) >= 11 is 0. The van der Waals surface area contributed by atoms with Crippen molar-refractivity contribution in [2.45, 2.75) is 13.3 Å². The normalized spacial score (nSPS) is 10.0. The van der Waals surface area contributed by atoms with Crippen molar-refractivity contribution in [1.29, 1.82) is 0 Å². The molecule has 1 amide bonds. The molecule has 0 aliphatic carbocycles. The first-order valence-corrected chi connectivity index (χ1v) is 7.37. The number of carbonyl (C=O) groups is 2. The van der Waals surface area contributed by atoms with Gasteiger partial charge in [0.2, 0.25) is 5.91 Å². The van der Waals surface area contributed by atoms with Crippen LogP contribution in [0.5, 0.6) is 5.75 Å². The Morgan fingerprint density at radius 2 is 1.78 bits per heavy atom. The van der Waals surface area contributed by atoms with Crippen LogP contribution in [0.1, 0.15) is 23.7 Å². The molecule has 5 nitrogen and oxygen atoms in total. The number of carbonyl (C=O) groups excluding carboxylic acids is 2. The minimum atomic E-state index is -0.0894. The van der Waals surface area contributed by atoms with Gasteiger partial charge in [0, 0.05) is 36.0 Å². The number of ether oxygens (including phenoxy) is 1. The van der Waals surface area contributed by atoms with E-state index in [0.29, 0.717) is 30.0 Å². The minimum absolute atomic E-state index is 0.0180. The van der Waals surface area contributed by atoms with Crippen LogP contribution in [0, 0.1) is 0 Å². The van der Waals surface area contributed by atoms with Crippen LogP contribution in [0.4, 0.5) is 11.4 Å². The van der Waals surface area contributed by atoms with E-state index in [9.17, 15) is 9.59 Å². The molecule has 0 atom stereocenters. The van der Waals surface area contributed by atoms with Gasteiger partial charge in [-0.25, -0.2) is 0 Å². The summed E-state index contributed by atoms with van der Waals surface area (Å²) in [7, 11) is 1.58. The summed E-state index contributed by atoms with van der Waals surface area (Å²) in [5.74, 6) is 0.625. The molecule has 120 valence electrons. The summed E-state index contributed by atoms with van der Waals surface area (Å²) in [6.07, 6.45) is 0.321. The number of nitrogens with one attached hydrogen (secondary N) is 2. The standard InChI is InChI=1S/C18H20N2O3/c1-13(21)14-5-3-6-15(11-14)19-10-9-18(22)20-16-7-4-8-17(12-16)23-2/h3-8,11-12,19H,9-10H2,1-2H3,(H,20,22). The summed E-state index contributed by atoms with van der Waals surface area (Å²) in [6.45, 7) is 2.01. The number of Topliss-reactive ketones (excluding diaryl/α,β-unsaturated/α-hetero) is 1. The predicted molar refractivity (Wildman–Crippen MR) is 91.2 cm³/mol. The molecule has 0 aliphatic rings. The lowest BCUT2D eigenvalue weighted by Crippen LogP contribution is -2.16. The van der Waals surface area contributed by atoms with Gasteiger partial charge in [0.25, 0.3) is 0 Å². The number of rotatable bonds is 7. The molecular weight excluding hydrogens is 292 g/mol. The third-order valence-corrected chi connectivity index (χ3v) is 3.30. The van der Waals surface area contributed by atoms with Gasteiger partial charge in [-0.3, -0.25) is 9.59 Å². The molecule has 0 unspecified atom stereocenters. The third-order valence-electron chi connectivity index (χ3n) is 3.30. The van der Waals surface area contributed by atoms with E-state index in [1.165, 1.54) is 6.92 Å². The quantitative estimate of drug-likeness (QED) is 0.770. The lowest BCUT2D eigenvalue weighted by Gasteiger charge is -2.09. The van der Waals surface area contributed by atoms with Crippen LogP contribution < -0.4 is 15.4 Å². The van der Waals surface area contributed by atoms with E-state index in [1.54, 1.807) is 25.3 Å². The molecule has 0 saturated heterocycles. The monoisotopic (exact) mass is 312 g/mol. The summed E-state index contributed by atoms with van der Waals surface area (Å²) in [5, 5.41) is 5.96. The van der Waals surface area contributed by atoms with Crippen molar-refractivity contribution in [2.24, 2.45) is 0 Å². The first kappa shape index (κ1) is 16.5. The summed E-state index contributed by atoms with van der Waals surface area (Å²) in [5.41, 5.74) is 2.18. The van der Waals surface area contributed by atoms with Gasteiger partial charge >= 0.3 is 0 Å². The van der Waals surface area contributed by atoms with E-state index < -0.39 is 0 Å². The topological polar surface area (TPSA) is 67.4 Å². The number of amides is 1. The summed E-state index contributed by atoms with van der Waals surface area (Å²) < 4.78 is 5.11. The van der Waals surface area contributed by atoms with Gasteiger partial charge in [0.05, 0.1) is 7.11 Å². The summed E-state index contributed by atoms with van der Waals surface area (Å²) in [6, 6.07) is 14.4. The van der Waals surface area contributed by atoms with E-state index in [1.807, 2.05) is 30.3 Å². The van der Waals surface area contributed by atoms with Gasteiger partial charge in [0.1, 0.15) is 5.75 Å². The van der Waals surface area contributed by atoms with Crippen LogP contribution >= 0.6 is 0 Å². The fourth-order valence-corrected chi connectivity index (χ4v) is 2.09. The molecule has 0 bridgehead atoms. The Bertz CT molecular complexity index is 698. The zero-order valence-corrected chi connectivity index (χ0v) is 13.3. The van der Waals surface area contributed by atoms with E-state index in [4.69, 9.17) is 4.74 Å². The van der Waals surface area contributed by atoms with Gasteiger partial charge in [-0.05, 0) is 31.2 Å². The lowest BCUT2D eigenvalue weighted by atomic mass is 10.1. The molecule has 2 aromatic rings. The largest absolute Gasteiger partial charge is 0.497 e. The fraction of sp³-hybridized carbons (Fsp3) is 0.222. The van der Waals surface area contributed by atoms with Crippen molar-refractivity contribution in [3.05, 3.63) is 54.1 Å².